The van der Waals surface area contributed by atoms with Crippen LogP contribution in [0, 0.1) is 12.3 Å². The van der Waals surface area contributed by atoms with Crippen molar-refractivity contribution >= 4 is 37.7 Å². The van der Waals surface area contributed by atoms with Crippen LogP contribution in [0.15, 0.2) is 0 Å². The van der Waals surface area contributed by atoms with E-state index in [0.29, 0.717) is 6.42 Å². The van der Waals surface area contributed by atoms with Gasteiger partial charge in [0.2, 0.25) is 0 Å². The van der Waals surface area contributed by atoms with Crippen molar-refractivity contribution in [2.24, 2.45) is 0 Å². The fraction of sp³-hybridized carbons (Fsp3) is 0.667. The van der Waals surface area contributed by atoms with E-state index in [0.717, 1.165) is 0 Å². The molecule has 1 atom stereocenters. The molecule has 0 saturated carbocycles. The van der Waals surface area contributed by atoms with E-state index in [1.165, 1.54) is 0 Å². The van der Waals surface area contributed by atoms with Gasteiger partial charge in [-0.15, -0.1) is 6.42 Å². The van der Waals surface area contributed by atoms with Crippen molar-refractivity contribution in [3.05, 3.63) is 0 Å². The summed E-state index contributed by atoms with van der Waals surface area (Å²) in [6.45, 7) is 3.47. The van der Waals surface area contributed by atoms with Crippen molar-refractivity contribution in [1.82, 2.24) is 0 Å². The number of hydrogen-bond acceptors (Lipinski definition) is 1. The van der Waals surface area contributed by atoms with Crippen LogP contribution in [0.2, 0.25) is 0 Å². The Morgan fingerprint density at radius 3 is 2.25 bits per heavy atom. The molecule has 0 aromatic carbocycles. The number of rotatable bonds is 1. The Morgan fingerprint density at radius 1 is 1.88 bits per heavy atom. The minimum Gasteiger partial charge on any atom is -1.00 e. The molecule has 8 heavy (non-hydrogen) atoms. The van der Waals surface area contributed by atoms with Crippen LogP contribution in [0.4, 0.5) is 0 Å². The largest absolute Gasteiger partial charge is 2.00 e. The number of hydrogen-bond donors (Lipinski definition) is 1. The molecule has 0 spiro atoms. The predicted molar refractivity (Wildman–Crippen MR) is 37.7 cm³/mol. The van der Waals surface area contributed by atoms with E-state index in [4.69, 9.17) is 11.5 Å². The van der Waals surface area contributed by atoms with Crippen LogP contribution < -0.4 is 0 Å². The molecule has 0 fully saturated rings. The molecule has 0 heterocycles. The maximum Gasteiger partial charge on any atom is 2.00 e. The molecular weight excluding hydrogens is 128 g/mol. The minimum atomic E-state index is -0.889. The Bertz CT molecular complexity index is 98.4. The fourth-order valence-corrected chi connectivity index (χ4v) is 0.102. The molecule has 0 rings (SSSR count). The molecule has 0 aromatic heterocycles. The molecular formula is C6H12CaO. The van der Waals surface area contributed by atoms with Crippen LogP contribution in [0.3, 0.4) is 0 Å². The smallest absolute Gasteiger partial charge is 1.00 e. The first-order valence-corrected chi connectivity index (χ1v) is 2.32. The van der Waals surface area contributed by atoms with E-state index in [1.807, 2.05) is 6.92 Å². The van der Waals surface area contributed by atoms with Crippen molar-refractivity contribution in [3.8, 4) is 12.3 Å². The van der Waals surface area contributed by atoms with Gasteiger partial charge in [0, 0.05) is 0 Å². The van der Waals surface area contributed by atoms with E-state index in [1.54, 1.807) is 6.92 Å². The molecule has 44 valence electrons. The Kier molecular flexibility index (Phi) is 6.70. The molecule has 2 heteroatoms. The van der Waals surface area contributed by atoms with Gasteiger partial charge in [0.1, 0.15) is 5.60 Å². The third kappa shape index (κ3) is 4.93. The van der Waals surface area contributed by atoms with E-state index in [-0.39, 0.29) is 40.6 Å². The molecule has 0 aliphatic carbocycles. The van der Waals surface area contributed by atoms with Crippen LogP contribution in [0.5, 0.6) is 0 Å². The molecule has 0 bridgehead atoms. The van der Waals surface area contributed by atoms with E-state index < -0.39 is 5.60 Å². The second-order valence-corrected chi connectivity index (χ2v) is 1.77. The third-order valence-electron chi connectivity index (χ3n) is 0.999. The van der Waals surface area contributed by atoms with Crippen molar-refractivity contribution in [3.63, 3.8) is 0 Å². The topological polar surface area (TPSA) is 20.2 Å². The first kappa shape index (κ1) is 11.6. The average Bonchev–Trinajstić information content (AvgIpc) is 1.68. The summed E-state index contributed by atoms with van der Waals surface area (Å²) >= 11 is 0. The molecule has 0 saturated heterocycles. The van der Waals surface area contributed by atoms with Gasteiger partial charge in [-0.05, 0) is 13.3 Å². The van der Waals surface area contributed by atoms with E-state index in [9.17, 15) is 0 Å². The summed E-state index contributed by atoms with van der Waals surface area (Å²) < 4.78 is 0. The summed E-state index contributed by atoms with van der Waals surface area (Å²) in [6, 6.07) is 0. The maximum absolute atomic E-state index is 8.90. The van der Waals surface area contributed by atoms with Gasteiger partial charge < -0.3 is 7.96 Å². The van der Waals surface area contributed by atoms with Crippen LogP contribution in [-0.4, -0.2) is 48.4 Å². The Hall–Kier alpha value is 0.780. The van der Waals surface area contributed by atoms with E-state index >= 15 is 0 Å². The molecule has 1 N–H and O–H groups in total. The third-order valence-corrected chi connectivity index (χ3v) is 0.999. The van der Waals surface area contributed by atoms with Crippen molar-refractivity contribution < 1.29 is 7.96 Å². The van der Waals surface area contributed by atoms with Crippen molar-refractivity contribution in [2.75, 3.05) is 0 Å². The van der Waals surface area contributed by atoms with Gasteiger partial charge in [0.15, 0.2) is 0 Å². The maximum atomic E-state index is 8.90. The van der Waals surface area contributed by atoms with Gasteiger partial charge in [0.05, 0.1) is 0 Å². The molecule has 0 amide bonds. The molecule has 0 aromatic rings. The van der Waals surface area contributed by atoms with Crippen molar-refractivity contribution in [1.29, 1.82) is 0 Å². The predicted octanol–water partition coefficient (Wildman–Crippen LogP) is 0.625. The zero-order valence-electron chi connectivity index (χ0n) is 7.44. The molecule has 0 radical (unpaired) electrons. The summed E-state index contributed by atoms with van der Waals surface area (Å²) in [4.78, 5) is 0. The average molecular weight is 140 g/mol. The zero-order chi connectivity index (χ0) is 5.91. The van der Waals surface area contributed by atoms with Crippen LogP contribution in [-0.2, 0) is 0 Å². The minimum absolute atomic E-state index is 0. The summed E-state index contributed by atoms with van der Waals surface area (Å²) in [7, 11) is 0. The van der Waals surface area contributed by atoms with E-state index in [2.05, 4.69) is 5.92 Å². The Labute approximate surface area is 83.4 Å². The van der Waals surface area contributed by atoms with Gasteiger partial charge in [-0.1, -0.05) is 12.8 Å². The van der Waals surface area contributed by atoms with Crippen molar-refractivity contribution in [2.45, 2.75) is 25.9 Å². The Balaban J connectivity index is -0.0000000600. The number of aliphatic hydroxyl groups is 1. The van der Waals surface area contributed by atoms with Gasteiger partial charge in [-0.2, -0.15) is 0 Å². The molecule has 1 nitrogen and oxygen atoms in total. The SMILES string of the molecule is C#CC(C)(O)CC.[Ca+2].[H-].[H-]. The zero-order valence-corrected chi connectivity index (χ0v) is 7.65. The number of terminal acetylenes is 1. The first-order valence-electron chi connectivity index (χ1n) is 2.32. The molecule has 1 unspecified atom stereocenters. The standard InChI is InChI=1S/C6H10O.Ca.2H/c1-4-6(3,7)5-2;;;/h1,7H,5H2,2-3H3;;;/q;+2;2*-1. The second kappa shape index (κ2) is 4.64. The second-order valence-electron chi connectivity index (χ2n) is 1.77. The van der Waals surface area contributed by atoms with Crippen LogP contribution >= 0.6 is 0 Å². The summed E-state index contributed by atoms with van der Waals surface area (Å²) in [5, 5.41) is 8.90. The van der Waals surface area contributed by atoms with Crippen LogP contribution in [0.25, 0.3) is 0 Å². The summed E-state index contributed by atoms with van der Waals surface area (Å²) in [5.74, 6) is 2.25. The first-order chi connectivity index (χ1) is 3.12. The molecule has 0 aliphatic rings. The quantitative estimate of drug-likeness (QED) is 0.418. The van der Waals surface area contributed by atoms with Gasteiger partial charge >= 0.3 is 37.7 Å². The normalized spacial score (nSPS) is 15.2. The van der Waals surface area contributed by atoms with Gasteiger partial charge in [-0.25, -0.2) is 0 Å². The van der Waals surface area contributed by atoms with Gasteiger partial charge in [0.25, 0.3) is 0 Å². The monoisotopic (exact) mass is 140 g/mol. The summed E-state index contributed by atoms with van der Waals surface area (Å²) in [5.41, 5.74) is -0.889. The molecule has 0 aliphatic heterocycles. The Morgan fingerprint density at radius 2 is 2.25 bits per heavy atom. The summed E-state index contributed by atoms with van der Waals surface area (Å²) in [6.07, 6.45) is 5.53. The van der Waals surface area contributed by atoms with Crippen LogP contribution in [0.1, 0.15) is 23.1 Å². The van der Waals surface area contributed by atoms with Gasteiger partial charge in [-0.3, -0.25) is 0 Å². The fourth-order valence-electron chi connectivity index (χ4n) is 0.102.